The zero-order valence-electron chi connectivity index (χ0n) is 17.6. The van der Waals surface area contributed by atoms with Gasteiger partial charge in [0, 0.05) is 23.2 Å². The second-order valence-electron chi connectivity index (χ2n) is 7.41. The van der Waals surface area contributed by atoms with Crippen molar-refractivity contribution in [2.75, 3.05) is 0 Å². The molecule has 4 rings (SSSR count). The maximum Gasteiger partial charge on any atom is 0.189 e. The van der Waals surface area contributed by atoms with Crippen LogP contribution in [0.1, 0.15) is 38.8 Å². The quantitative estimate of drug-likeness (QED) is 0.385. The SMILES string of the molecule is Cc1cc(C)n(Cc2c(C(=O)Cc3ccccc3Oc3ccc(F)cc3)noc2C)n1. The van der Waals surface area contributed by atoms with E-state index in [1.807, 2.05) is 42.8 Å². The number of ketones is 1. The van der Waals surface area contributed by atoms with Crippen LogP contribution in [0.15, 0.2) is 59.1 Å². The molecular formula is C24H22FN3O3. The molecule has 0 aliphatic rings. The van der Waals surface area contributed by atoms with E-state index in [4.69, 9.17) is 9.26 Å². The second kappa shape index (κ2) is 8.55. The zero-order chi connectivity index (χ0) is 22.0. The van der Waals surface area contributed by atoms with Gasteiger partial charge in [-0.25, -0.2) is 4.39 Å². The molecule has 0 spiro atoms. The lowest BCUT2D eigenvalue weighted by atomic mass is 10.0. The lowest BCUT2D eigenvalue weighted by molar-refractivity contribution is 0.0982. The average Bonchev–Trinajstić information content (AvgIpc) is 3.26. The molecule has 0 atom stereocenters. The van der Waals surface area contributed by atoms with Crippen LogP contribution in [0.5, 0.6) is 11.5 Å². The summed E-state index contributed by atoms with van der Waals surface area (Å²) in [5, 5.41) is 8.49. The number of halogens is 1. The van der Waals surface area contributed by atoms with Crippen LogP contribution in [-0.4, -0.2) is 20.7 Å². The molecule has 0 aliphatic heterocycles. The monoisotopic (exact) mass is 419 g/mol. The van der Waals surface area contributed by atoms with E-state index < -0.39 is 0 Å². The van der Waals surface area contributed by atoms with Crippen molar-refractivity contribution in [3.8, 4) is 11.5 Å². The molecule has 0 aliphatic carbocycles. The molecule has 0 N–H and O–H groups in total. The van der Waals surface area contributed by atoms with Crippen LogP contribution in [0.2, 0.25) is 0 Å². The summed E-state index contributed by atoms with van der Waals surface area (Å²) in [6.45, 7) is 6.08. The van der Waals surface area contributed by atoms with E-state index in [1.54, 1.807) is 25.1 Å². The number of benzene rings is 2. The number of hydrogen-bond acceptors (Lipinski definition) is 5. The molecule has 2 aromatic carbocycles. The van der Waals surface area contributed by atoms with Gasteiger partial charge in [0.15, 0.2) is 11.5 Å². The number of para-hydroxylation sites is 1. The van der Waals surface area contributed by atoms with E-state index in [2.05, 4.69) is 10.3 Å². The van der Waals surface area contributed by atoms with Crippen LogP contribution in [0.25, 0.3) is 0 Å². The summed E-state index contributed by atoms with van der Waals surface area (Å²) in [6, 6.07) is 15.0. The number of aryl methyl sites for hydroxylation is 3. The minimum atomic E-state index is -0.340. The van der Waals surface area contributed by atoms with Crippen LogP contribution in [0.3, 0.4) is 0 Å². The number of carbonyl (C=O) groups is 1. The highest BCUT2D eigenvalue weighted by atomic mass is 19.1. The Morgan fingerprint density at radius 1 is 1.10 bits per heavy atom. The molecule has 0 fully saturated rings. The molecular weight excluding hydrogens is 397 g/mol. The first-order chi connectivity index (χ1) is 14.9. The Hall–Kier alpha value is -3.74. The van der Waals surface area contributed by atoms with Crippen molar-refractivity contribution in [1.29, 1.82) is 0 Å². The van der Waals surface area contributed by atoms with Gasteiger partial charge in [0.25, 0.3) is 0 Å². The predicted octanol–water partition coefficient (Wildman–Crippen LogP) is 5.20. The lowest BCUT2D eigenvalue weighted by Gasteiger charge is -2.11. The third-order valence-electron chi connectivity index (χ3n) is 5.03. The predicted molar refractivity (Wildman–Crippen MR) is 113 cm³/mol. The summed E-state index contributed by atoms with van der Waals surface area (Å²) in [5.74, 6) is 1.09. The van der Waals surface area contributed by atoms with E-state index in [0.717, 1.165) is 11.4 Å². The highest BCUT2D eigenvalue weighted by Crippen LogP contribution is 2.27. The fourth-order valence-electron chi connectivity index (χ4n) is 3.42. The largest absolute Gasteiger partial charge is 0.457 e. The average molecular weight is 419 g/mol. The zero-order valence-corrected chi connectivity index (χ0v) is 17.6. The third-order valence-corrected chi connectivity index (χ3v) is 5.03. The van der Waals surface area contributed by atoms with Gasteiger partial charge in [-0.2, -0.15) is 5.10 Å². The first-order valence-corrected chi connectivity index (χ1v) is 9.91. The van der Waals surface area contributed by atoms with E-state index in [-0.39, 0.29) is 18.0 Å². The van der Waals surface area contributed by atoms with Gasteiger partial charge in [-0.3, -0.25) is 9.48 Å². The Balaban J connectivity index is 1.57. The molecule has 0 bridgehead atoms. The fraction of sp³-hybridized carbons (Fsp3) is 0.208. The van der Waals surface area contributed by atoms with Crippen molar-refractivity contribution in [3.63, 3.8) is 0 Å². The van der Waals surface area contributed by atoms with Gasteiger partial charge in [-0.15, -0.1) is 0 Å². The van der Waals surface area contributed by atoms with Crippen LogP contribution >= 0.6 is 0 Å². The number of rotatable bonds is 7. The van der Waals surface area contributed by atoms with Crippen molar-refractivity contribution in [3.05, 3.63) is 94.4 Å². The highest BCUT2D eigenvalue weighted by Gasteiger charge is 2.22. The molecule has 6 nitrogen and oxygen atoms in total. The number of nitrogens with zero attached hydrogens (tertiary/aromatic N) is 3. The Morgan fingerprint density at radius 2 is 1.84 bits per heavy atom. The molecule has 0 amide bonds. The Bertz CT molecular complexity index is 1230. The molecule has 2 heterocycles. The smallest absolute Gasteiger partial charge is 0.189 e. The highest BCUT2D eigenvalue weighted by molar-refractivity contribution is 5.97. The first kappa shape index (κ1) is 20.5. The number of carbonyl (C=O) groups excluding carboxylic acids is 1. The van der Waals surface area contributed by atoms with Crippen LogP contribution in [-0.2, 0) is 13.0 Å². The van der Waals surface area contributed by atoms with E-state index >= 15 is 0 Å². The standard InChI is InChI=1S/C24H22FN3O3/c1-15-12-16(2)28(26-15)14-21-17(3)31-27-24(21)22(29)13-18-6-4-5-7-23(18)30-20-10-8-19(25)9-11-20/h4-12H,13-14H2,1-3H3. The number of aromatic nitrogens is 3. The maximum absolute atomic E-state index is 13.2. The third kappa shape index (κ3) is 4.55. The summed E-state index contributed by atoms with van der Waals surface area (Å²) in [6.07, 6.45) is 0.0907. The van der Waals surface area contributed by atoms with Gasteiger partial charge in [-0.1, -0.05) is 23.4 Å². The molecule has 0 saturated carbocycles. The van der Waals surface area contributed by atoms with Gasteiger partial charge >= 0.3 is 0 Å². The number of hydrogen-bond donors (Lipinski definition) is 0. The Labute approximate surface area is 179 Å². The number of ether oxygens (including phenoxy) is 1. The van der Waals surface area contributed by atoms with Crippen LogP contribution in [0.4, 0.5) is 4.39 Å². The fourth-order valence-corrected chi connectivity index (χ4v) is 3.42. The molecule has 0 unspecified atom stereocenters. The van der Waals surface area contributed by atoms with E-state index in [1.165, 1.54) is 12.1 Å². The van der Waals surface area contributed by atoms with Crippen molar-refractivity contribution in [1.82, 2.24) is 14.9 Å². The van der Waals surface area contributed by atoms with Crippen molar-refractivity contribution in [2.24, 2.45) is 0 Å². The summed E-state index contributed by atoms with van der Waals surface area (Å²) in [5.41, 5.74) is 3.62. The Kier molecular flexibility index (Phi) is 5.66. The first-order valence-electron chi connectivity index (χ1n) is 9.91. The minimum absolute atomic E-state index is 0.0907. The van der Waals surface area contributed by atoms with Gasteiger partial charge in [-0.05, 0) is 57.2 Å². The minimum Gasteiger partial charge on any atom is -0.457 e. The van der Waals surface area contributed by atoms with Crippen molar-refractivity contribution >= 4 is 5.78 Å². The summed E-state index contributed by atoms with van der Waals surface area (Å²) >= 11 is 0. The van der Waals surface area contributed by atoms with E-state index in [0.29, 0.717) is 40.6 Å². The molecule has 31 heavy (non-hydrogen) atoms. The lowest BCUT2D eigenvalue weighted by Crippen LogP contribution is -2.12. The molecule has 7 heteroatoms. The normalized spacial score (nSPS) is 11.0. The van der Waals surface area contributed by atoms with Gasteiger partial charge in [0.05, 0.1) is 12.2 Å². The van der Waals surface area contributed by atoms with Gasteiger partial charge in [0.1, 0.15) is 23.1 Å². The van der Waals surface area contributed by atoms with Crippen molar-refractivity contribution < 1.29 is 18.4 Å². The molecule has 2 aromatic heterocycles. The van der Waals surface area contributed by atoms with E-state index in [9.17, 15) is 9.18 Å². The number of Topliss-reactive ketones (excluding diaryl/α,β-unsaturated/α-hetero) is 1. The summed E-state index contributed by atoms with van der Waals surface area (Å²) in [4.78, 5) is 13.1. The maximum atomic E-state index is 13.2. The van der Waals surface area contributed by atoms with Crippen LogP contribution < -0.4 is 4.74 Å². The molecule has 0 radical (unpaired) electrons. The Morgan fingerprint density at radius 3 is 2.55 bits per heavy atom. The van der Waals surface area contributed by atoms with Crippen molar-refractivity contribution in [2.45, 2.75) is 33.7 Å². The summed E-state index contributed by atoms with van der Waals surface area (Å²) < 4.78 is 26.2. The van der Waals surface area contributed by atoms with Gasteiger partial charge < -0.3 is 9.26 Å². The second-order valence-corrected chi connectivity index (χ2v) is 7.41. The molecule has 4 aromatic rings. The molecule has 0 saturated heterocycles. The summed E-state index contributed by atoms with van der Waals surface area (Å²) in [7, 11) is 0. The van der Waals surface area contributed by atoms with Crippen LogP contribution in [0, 0.1) is 26.6 Å². The topological polar surface area (TPSA) is 70.2 Å². The molecule has 158 valence electrons. The van der Waals surface area contributed by atoms with Gasteiger partial charge in [0.2, 0.25) is 0 Å².